The predicted molar refractivity (Wildman–Crippen MR) is 75.2 cm³/mol. The normalized spacial score (nSPS) is 18.3. The highest BCUT2D eigenvalue weighted by Crippen LogP contribution is 2.16. The van der Waals surface area contributed by atoms with Crippen LogP contribution in [0.25, 0.3) is 0 Å². The van der Waals surface area contributed by atoms with Crippen molar-refractivity contribution in [3.63, 3.8) is 0 Å². The van der Waals surface area contributed by atoms with Crippen LogP contribution in [0, 0.1) is 5.92 Å². The fraction of sp³-hybridized carbons (Fsp3) is 0.857. The predicted octanol–water partition coefficient (Wildman–Crippen LogP) is 0.842. The molecule has 1 fully saturated rings. The van der Waals surface area contributed by atoms with Gasteiger partial charge in [0.05, 0.1) is 25.2 Å². The number of carbonyl (C=O) groups is 2. The lowest BCUT2D eigenvalue weighted by Gasteiger charge is -2.33. The minimum atomic E-state index is -0.850. The van der Waals surface area contributed by atoms with Gasteiger partial charge in [-0.3, -0.25) is 9.59 Å². The molecule has 0 spiro atoms. The molecule has 0 aliphatic carbocycles. The van der Waals surface area contributed by atoms with E-state index in [4.69, 9.17) is 15.6 Å². The second-order valence-corrected chi connectivity index (χ2v) is 5.78. The summed E-state index contributed by atoms with van der Waals surface area (Å²) in [6.07, 6.45) is 2.28. The molecule has 1 aliphatic rings. The van der Waals surface area contributed by atoms with Gasteiger partial charge in [-0.25, -0.2) is 0 Å². The third-order valence-corrected chi connectivity index (χ3v) is 3.47. The fourth-order valence-electron chi connectivity index (χ4n) is 2.40. The highest BCUT2D eigenvalue weighted by molar-refractivity contribution is 5.81. The van der Waals surface area contributed by atoms with Crippen LogP contribution < -0.4 is 5.73 Å². The molecule has 20 heavy (non-hydrogen) atoms. The minimum Gasteiger partial charge on any atom is -0.481 e. The summed E-state index contributed by atoms with van der Waals surface area (Å²) in [4.78, 5) is 24.3. The van der Waals surface area contributed by atoms with Gasteiger partial charge in [-0.2, -0.15) is 0 Å². The first-order valence-electron chi connectivity index (χ1n) is 7.28. The van der Waals surface area contributed by atoms with Crippen molar-refractivity contribution in [2.45, 2.75) is 51.7 Å². The van der Waals surface area contributed by atoms with Gasteiger partial charge in [0.15, 0.2) is 0 Å². The lowest BCUT2D eigenvalue weighted by Crippen LogP contribution is -2.48. The number of nitrogens with two attached hydrogens (primary N) is 1. The van der Waals surface area contributed by atoms with Crippen LogP contribution in [0.5, 0.6) is 0 Å². The molecule has 0 unspecified atom stereocenters. The summed E-state index contributed by atoms with van der Waals surface area (Å²) in [6, 6.07) is -0.417. The molecule has 6 heteroatoms. The van der Waals surface area contributed by atoms with E-state index in [0.717, 1.165) is 12.8 Å². The van der Waals surface area contributed by atoms with E-state index in [1.54, 1.807) is 4.90 Å². The summed E-state index contributed by atoms with van der Waals surface area (Å²) in [7, 11) is 0. The van der Waals surface area contributed by atoms with Gasteiger partial charge in [0.25, 0.3) is 0 Å². The number of nitrogens with zero attached hydrogens (tertiary/aromatic N) is 1. The molecule has 0 aromatic rings. The Hall–Kier alpha value is -1.14. The molecule has 0 aromatic carbocycles. The van der Waals surface area contributed by atoms with E-state index in [1.807, 2.05) is 0 Å². The first kappa shape index (κ1) is 16.9. The number of piperidine rings is 1. The van der Waals surface area contributed by atoms with E-state index < -0.39 is 12.0 Å². The number of amides is 1. The van der Waals surface area contributed by atoms with Crippen LogP contribution in [0.3, 0.4) is 0 Å². The van der Waals surface area contributed by atoms with Crippen LogP contribution in [-0.2, 0) is 14.3 Å². The van der Waals surface area contributed by atoms with Crippen molar-refractivity contribution >= 4 is 11.9 Å². The lowest BCUT2D eigenvalue weighted by molar-refractivity contribution is -0.139. The summed E-state index contributed by atoms with van der Waals surface area (Å²) in [5.74, 6) is -0.425. The number of hydrogen-bond donors (Lipinski definition) is 2. The molecule has 1 rings (SSSR count). The van der Waals surface area contributed by atoms with E-state index in [1.165, 1.54) is 0 Å². The molecule has 0 saturated carbocycles. The van der Waals surface area contributed by atoms with Gasteiger partial charge in [0, 0.05) is 13.1 Å². The molecule has 1 atom stereocenters. The Labute approximate surface area is 120 Å². The third-order valence-electron chi connectivity index (χ3n) is 3.47. The monoisotopic (exact) mass is 286 g/mol. The molecule has 3 N–H and O–H groups in total. The number of carboxylic acids is 1. The van der Waals surface area contributed by atoms with E-state index in [2.05, 4.69) is 13.8 Å². The Morgan fingerprint density at radius 2 is 1.95 bits per heavy atom. The van der Waals surface area contributed by atoms with E-state index in [9.17, 15) is 9.59 Å². The highest BCUT2D eigenvalue weighted by atomic mass is 16.5. The van der Waals surface area contributed by atoms with Crippen LogP contribution in [0.4, 0.5) is 0 Å². The zero-order valence-electron chi connectivity index (χ0n) is 12.4. The standard InChI is InChI=1S/C14H26N2O4/c1-10(2)9-12(15)14(19)16-6-3-11(4-7-16)20-8-5-13(17)18/h10-12H,3-9,15H2,1-2H3,(H,17,18)/t12-/m1/s1. The molecule has 1 saturated heterocycles. The number of aliphatic carboxylic acids is 1. The van der Waals surface area contributed by atoms with E-state index in [0.29, 0.717) is 25.4 Å². The Morgan fingerprint density at radius 3 is 2.45 bits per heavy atom. The average Bonchev–Trinajstić information content (AvgIpc) is 2.37. The first-order chi connectivity index (χ1) is 9.40. The Kier molecular flexibility index (Phi) is 6.95. The first-order valence-corrected chi connectivity index (χ1v) is 7.28. The van der Waals surface area contributed by atoms with Gasteiger partial charge in [0.1, 0.15) is 0 Å². The van der Waals surface area contributed by atoms with Crippen molar-refractivity contribution in [1.29, 1.82) is 0 Å². The van der Waals surface area contributed by atoms with Crippen LogP contribution >= 0.6 is 0 Å². The second-order valence-electron chi connectivity index (χ2n) is 5.78. The second kappa shape index (κ2) is 8.21. The molecule has 1 amide bonds. The molecule has 0 aromatic heterocycles. The van der Waals surface area contributed by atoms with Crippen molar-refractivity contribution in [3.8, 4) is 0 Å². The van der Waals surface area contributed by atoms with Crippen LogP contribution in [0.2, 0.25) is 0 Å². The number of ether oxygens (including phenoxy) is 1. The minimum absolute atomic E-state index is 0.0164. The summed E-state index contributed by atoms with van der Waals surface area (Å²) >= 11 is 0. The summed E-state index contributed by atoms with van der Waals surface area (Å²) in [5.41, 5.74) is 5.91. The summed E-state index contributed by atoms with van der Waals surface area (Å²) in [5, 5.41) is 8.54. The zero-order chi connectivity index (χ0) is 15.1. The van der Waals surface area contributed by atoms with E-state index >= 15 is 0 Å². The maximum Gasteiger partial charge on any atom is 0.305 e. The van der Waals surface area contributed by atoms with Crippen molar-refractivity contribution in [2.75, 3.05) is 19.7 Å². The molecule has 1 aliphatic heterocycles. The largest absolute Gasteiger partial charge is 0.481 e. The van der Waals surface area contributed by atoms with Gasteiger partial charge in [-0.05, 0) is 25.2 Å². The van der Waals surface area contributed by atoms with Crippen molar-refractivity contribution in [1.82, 2.24) is 4.90 Å². The van der Waals surface area contributed by atoms with Crippen molar-refractivity contribution in [3.05, 3.63) is 0 Å². The molecule has 0 bridgehead atoms. The van der Waals surface area contributed by atoms with Crippen molar-refractivity contribution < 1.29 is 19.4 Å². The van der Waals surface area contributed by atoms with Crippen LogP contribution in [0.1, 0.15) is 39.5 Å². The molecule has 116 valence electrons. The molecule has 1 heterocycles. The molecule has 0 radical (unpaired) electrons. The van der Waals surface area contributed by atoms with Crippen molar-refractivity contribution in [2.24, 2.45) is 11.7 Å². The maximum atomic E-state index is 12.1. The van der Waals surface area contributed by atoms with Gasteiger partial charge < -0.3 is 20.5 Å². The maximum absolute atomic E-state index is 12.1. The quantitative estimate of drug-likeness (QED) is 0.723. The average molecular weight is 286 g/mol. The molecular formula is C14H26N2O4. The Morgan fingerprint density at radius 1 is 1.35 bits per heavy atom. The van der Waals surface area contributed by atoms with Gasteiger partial charge in [-0.1, -0.05) is 13.8 Å². The van der Waals surface area contributed by atoms with Crippen LogP contribution in [0.15, 0.2) is 0 Å². The topological polar surface area (TPSA) is 92.9 Å². The third kappa shape index (κ3) is 5.88. The summed E-state index contributed by atoms with van der Waals surface area (Å²) < 4.78 is 5.50. The number of rotatable bonds is 7. The smallest absolute Gasteiger partial charge is 0.305 e. The van der Waals surface area contributed by atoms with Crippen LogP contribution in [-0.4, -0.2) is 53.7 Å². The number of carboxylic acid groups (broad SMARTS) is 1. The SMILES string of the molecule is CC(C)C[C@@H](N)C(=O)N1CCC(OCCC(=O)O)CC1. The summed E-state index contributed by atoms with van der Waals surface area (Å²) in [6.45, 7) is 5.62. The molecular weight excluding hydrogens is 260 g/mol. The Balaban J connectivity index is 2.27. The molecule has 6 nitrogen and oxygen atoms in total. The fourth-order valence-corrected chi connectivity index (χ4v) is 2.40. The number of carbonyl (C=O) groups excluding carboxylic acids is 1. The highest BCUT2D eigenvalue weighted by Gasteiger charge is 2.26. The lowest BCUT2D eigenvalue weighted by atomic mass is 10.0. The zero-order valence-corrected chi connectivity index (χ0v) is 12.4. The van der Waals surface area contributed by atoms with Gasteiger partial charge in [-0.15, -0.1) is 0 Å². The van der Waals surface area contributed by atoms with Gasteiger partial charge in [0.2, 0.25) is 5.91 Å². The van der Waals surface area contributed by atoms with E-state index in [-0.39, 0.29) is 25.0 Å². The Bertz CT molecular complexity index is 325. The number of likely N-dealkylation sites (tertiary alicyclic amines) is 1. The van der Waals surface area contributed by atoms with Gasteiger partial charge >= 0.3 is 5.97 Å². The number of hydrogen-bond acceptors (Lipinski definition) is 4.